The molecule has 2 aromatic heterocycles. The molecule has 0 aliphatic heterocycles. The van der Waals surface area contributed by atoms with E-state index < -0.39 is 11.9 Å². The molecule has 6 heteroatoms. The second-order valence-corrected chi connectivity index (χ2v) is 7.28. The van der Waals surface area contributed by atoms with Crippen molar-refractivity contribution in [2.75, 3.05) is 0 Å². The van der Waals surface area contributed by atoms with E-state index in [1.165, 1.54) is 4.68 Å². The molecule has 0 aliphatic rings. The minimum Gasteiger partial charge on any atom is -0.467 e. The fraction of sp³-hybridized carbons (Fsp3) is 0.0385. The normalized spacial score (nSPS) is 11.9. The molecular formula is C26H19N3O3. The fourth-order valence-corrected chi connectivity index (χ4v) is 3.72. The second kappa shape index (κ2) is 8.35. The van der Waals surface area contributed by atoms with E-state index in [0.717, 1.165) is 5.56 Å². The summed E-state index contributed by atoms with van der Waals surface area (Å²) in [6.07, 6.45) is 1.57. The summed E-state index contributed by atoms with van der Waals surface area (Å²) in [5.74, 6) is 0.196. The molecule has 2 heterocycles. The van der Waals surface area contributed by atoms with Crippen LogP contribution in [0.15, 0.2) is 113 Å². The molecule has 6 nitrogen and oxygen atoms in total. The van der Waals surface area contributed by atoms with Crippen LogP contribution in [0.4, 0.5) is 0 Å². The Balaban J connectivity index is 1.63. The van der Waals surface area contributed by atoms with Crippen molar-refractivity contribution in [1.29, 1.82) is 0 Å². The molecule has 0 radical (unpaired) electrons. The summed E-state index contributed by atoms with van der Waals surface area (Å²) in [5, 5.41) is 8.41. The molecule has 5 rings (SSSR count). The van der Waals surface area contributed by atoms with Crippen LogP contribution < -0.4 is 10.9 Å². The van der Waals surface area contributed by atoms with Crippen molar-refractivity contribution in [1.82, 2.24) is 15.1 Å². The predicted octanol–water partition coefficient (Wildman–Crippen LogP) is 4.50. The third-order valence-corrected chi connectivity index (χ3v) is 5.26. The van der Waals surface area contributed by atoms with Gasteiger partial charge in [0.1, 0.15) is 11.8 Å². The van der Waals surface area contributed by atoms with E-state index in [2.05, 4.69) is 10.4 Å². The Hall–Kier alpha value is -4.45. The molecule has 0 fully saturated rings. The first-order valence-corrected chi connectivity index (χ1v) is 10.2. The Morgan fingerprint density at radius 1 is 0.812 bits per heavy atom. The van der Waals surface area contributed by atoms with Crippen molar-refractivity contribution in [3.8, 4) is 5.69 Å². The number of fused-ring (bicyclic) bond motifs is 1. The smallest absolute Gasteiger partial charge is 0.279 e. The molecule has 0 saturated heterocycles. The Labute approximate surface area is 183 Å². The van der Waals surface area contributed by atoms with E-state index in [9.17, 15) is 9.59 Å². The summed E-state index contributed by atoms with van der Waals surface area (Å²) >= 11 is 0. The Morgan fingerprint density at radius 2 is 1.47 bits per heavy atom. The van der Waals surface area contributed by atoms with Crippen molar-refractivity contribution in [2.24, 2.45) is 0 Å². The summed E-state index contributed by atoms with van der Waals surface area (Å²) in [7, 11) is 0. The lowest BCUT2D eigenvalue weighted by Gasteiger charge is -2.18. The lowest BCUT2D eigenvalue weighted by Crippen LogP contribution is -2.33. The van der Waals surface area contributed by atoms with E-state index >= 15 is 0 Å². The number of amides is 1. The lowest BCUT2D eigenvalue weighted by molar-refractivity contribution is 0.0934. The zero-order chi connectivity index (χ0) is 21.9. The molecule has 0 spiro atoms. The average Bonchev–Trinajstić information content (AvgIpc) is 3.38. The van der Waals surface area contributed by atoms with Crippen LogP contribution in [0.2, 0.25) is 0 Å². The van der Waals surface area contributed by atoms with Gasteiger partial charge in [-0.3, -0.25) is 9.59 Å². The zero-order valence-electron chi connectivity index (χ0n) is 17.0. The maximum Gasteiger partial charge on any atom is 0.279 e. The van der Waals surface area contributed by atoms with Gasteiger partial charge in [0, 0.05) is 5.39 Å². The summed E-state index contributed by atoms with van der Waals surface area (Å²) in [6.45, 7) is 0. The first-order chi connectivity index (χ1) is 15.7. The Morgan fingerprint density at radius 3 is 2.16 bits per heavy atom. The van der Waals surface area contributed by atoms with Gasteiger partial charge in [-0.25, -0.2) is 0 Å². The minimum atomic E-state index is -0.503. The highest BCUT2D eigenvalue weighted by molar-refractivity contribution is 6.05. The van der Waals surface area contributed by atoms with Gasteiger partial charge >= 0.3 is 0 Å². The van der Waals surface area contributed by atoms with Gasteiger partial charge in [0.15, 0.2) is 5.69 Å². The average molecular weight is 421 g/mol. The molecule has 1 unspecified atom stereocenters. The van der Waals surface area contributed by atoms with Gasteiger partial charge in [0.25, 0.3) is 11.5 Å². The molecule has 5 aromatic rings. The van der Waals surface area contributed by atoms with Crippen LogP contribution in [0.3, 0.4) is 0 Å². The van der Waals surface area contributed by atoms with Crippen molar-refractivity contribution in [3.63, 3.8) is 0 Å². The number of rotatable bonds is 5. The number of para-hydroxylation sites is 1. The van der Waals surface area contributed by atoms with Crippen molar-refractivity contribution < 1.29 is 9.21 Å². The third kappa shape index (κ3) is 3.58. The number of nitrogens with zero attached hydrogens (tertiary/aromatic N) is 2. The number of nitrogens with one attached hydrogen (secondary N) is 1. The Bertz CT molecular complexity index is 1430. The molecule has 0 aliphatic carbocycles. The molecule has 1 N–H and O–H groups in total. The van der Waals surface area contributed by atoms with Gasteiger partial charge in [0.05, 0.1) is 17.3 Å². The lowest BCUT2D eigenvalue weighted by atomic mass is 10.0. The number of carbonyl (C=O) groups is 1. The highest BCUT2D eigenvalue weighted by Crippen LogP contribution is 2.24. The second-order valence-electron chi connectivity index (χ2n) is 7.28. The number of aromatic nitrogens is 2. The maximum absolute atomic E-state index is 13.5. The quantitative estimate of drug-likeness (QED) is 0.453. The summed E-state index contributed by atoms with van der Waals surface area (Å²) in [6, 6.07) is 28.7. The van der Waals surface area contributed by atoms with Gasteiger partial charge in [0.2, 0.25) is 0 Å². The molecule has 3 aromatic carbocycles. The van der Waals surface area contributed by atoms with E-state index in [-0.39, 0.29) is 11.3 Å². The largest absolute Gasteiger partial charge is 0.467 e. The molecule has 156 valence electrons. The number of benzene rings is 3. The molecule has 32 heavy (non-hydrogen) atoms. The number of furan rings is 1. The van der Waals surface area contributed by atoms with E-state index in [0.29, 0.717) is 22.2 Å². The van der Waals surface area contributed by atoms with Crippen LogP contribution >= 0.6 is 0 Å². The van der Waals surface area contributed by atoms with E-state index in [1.54, 1.807) is 48.7 Å². The van der Waals surface area contributed by atoms with Gasteiger partial charge < -0.3 is 9.73 Å². The van der Waals surface area contributed by atoms with Gasteiger partial charge in [-0.1, -0.05) is 66.7 Å². The van der Waals surface area contributed by atoms with Gasteiger partial charge in [-0.15, -0.1) is 0 Å². The van der Waals surface area contributed by atoms with Crippen LogP contribution in [0.1, 0.15) is 27.9 Å². The molecule has 0 saturated carbocycles. The fourth-order valence-electron chi connectivity index (χ4n) is 3.72. The minimum absolute atomic E-state index is 0.163. The first kappa shape index (κ1) is 19.5. The van der Waals surface area contributed by atoms with Crippen LogP contribution in [-0.4, -0.2) is 15.7 Å². The Kier molecular flexibility index (Phi) is 5.09. The molecule has 0 bridgehead atoms. The van der Waals surface area contributed by atoms with Crippen LogP contribution in [-0.2, 0) is 0 Å². The highest BCUT2D eigenvalue weighted by atomic mass is 16.3. The van der Waals surface area contributed by atoms with Crippen molar-refractivity contribution >= 4 is 16.7 Å². The van der Waals surface area contributed by atoms with Crippen molar-refractivity contribution in [2.45, 2.75) is 6.04 Å². The zero-order valence-corrected chi connectivity index (χ0v) is 17.0. The number of hydrogen-bond donors (Lipinski definition) is 1. The monoisotopic (exact) mass is 421 g/mol. The van der Waals surface area contributed by atoms with E-state index in [1.807, 2.05) is 54.6 Å². The number of hydrogen-bond acceptors (Lipinski definition) is 4. The van der Waals surface area contributed by atoms with Gasteiger partial charge in [-0.05, 0) is 35.9 Å². The summed E-state index contributed by atoms with van der Waals surface area (Å²) in [4.78, 5) is 26.6. The SMILES string of the molecule is O=C(NC(c1ccccc1)c1ccco1)c1nn(-c2ccccc2)c(=O)c2ccccc12. The first-order valence-electron chi connectivity index (χ1n) is 10.2. The molecule has 1 atom stereocenters. The topological polar surface area (TPSA) is 77.1 Å². The van der Waals surface area contributed by atoms with Crippen LogP contribution in [0.25, 0.3) is 16.5 Å². The van der Waals surface area contributed by atoms with E-state index in [4.69, 9.17) is 4.42 Å². The van der Waals surface area contributed by atoms with Crippen molar-refractivity contribution in [3.05, 3.63) is 131 Å². The molecule has 1 amide bonds. The highest BCUT2D eigenvalue weighted by Gasteiger charge is 2.23. The van der Waals surface area contributed by atoms with Crippen LogP contribution in [0, 0.1) is 0 Å². The summed E-state index contributed by atoms with van der Waals surface area (Å²) in [5.41, 5.74) is 1.34. The standard InChI is InChI=1S/C26H19N3O3/c30-25(27-23(22-16-9-17-32-22)18-10-3-1-4-11-18)24-20-14-7-8-15-21(20)26(31)29(28-24)19-12-5-2-6-13-19/h1-17,23H,(H,27,30). The van der Waals surface area contributed by atoms with Crippen LogP contribution in [0.5, 0.6) is 0 Å². The molecular weight excluding hydrogens is 402 g/mol. The van der Waals surface area contributed by atoms with Gasteiger partial charge in [-0.2, -0.15) is 9.78 Å². The summed E-state index contributed by atoms with van der Waals surface area (Å²) < 4.78 is 6.86. The number of carbonyl (C=O) groups excluding carboxylic acids is 1. The predicted molar refractivity (Wildman–Crippen MR) is 122 cm³/mol. The maximum atomic E-state index is 13.5. The third-order valence-electron chi connectivity index (χ3n) is 5.26.